The number of nitrogens with zero attached hydrogens (tertiary/aromatic N) is 2. The van der Waals surface area contributed by atoms with Crippen LogP contribution >= 0.6 is 23.2 Å². The number of benzene rings is 3. The third-order valence-electron chi connectivity index (χ3n) is 4.38. The van der Waals surface area contributed by atoms with Crippen molar-refractivity contribution in [1.29, 1.82) is 0 Å². The second-order valence-electron chi connectivity index (χ2n) is 6.12. The third kappa shape index (κ3) is 3.29. The lowest BCUT2D eigenvalue weighted by Gasteiger charge is -2.09. The highest BCUT2D eigenvalue weighted by atomic mass is 35.5. The molecule has 6 heteroatoms. The van der Waals surface area contributed by atoms with E-state index < -0.39 is 0 Å². The zero-order valence-corrected chi connectivity index (χ0v) is 15.9. The van der Waals surface area contributed by atoms with Crippen LogP contribution in [0.1, 0.15) is 10.4 Å². The SMILES string of the molecule is Cn1c(-c2ccc(NC(=O)c3cccc(Cl)c3Cl)cc2)nc2ccccc21. The van der Waals surface area contributed by atoms with E-state index in [0.29, 0.717) is 16.3 Å². The molecule has 0 bridgehead atoms. The minimum Gasteiger partial charge on any atom is -0.327 e. The number of hydrogen-bond acceptors (Lipinski definition) is 2. The molecule has 0 spiro atoms. The van der Waals surface area contributed by atoms with Gasteiger partial charge in [0.15, 0.2) is 0 Å². The van der Waals surface area contributed by atoms with Crippen LogP contribution in [0.5, 0.6) is 0 Å². The number of imidazole rings is 1. The van der Waals surface area contributed by atoms with E-state index in [1.807, 2.05) is 55.6 Å². The maximum atomic E-state index is 12.4. The lowest BCUT2D eigenvalue weighted by molar-refractivity contribution is 0.102. The van der Waals surface area contributed by atoms with Gasteiger partial charge >= 0.3 is 0 Å². The highest BCUT2D eigenvalue weighted by molar-refractivity contribution is 6.44. The van der Waals surface area contributed by atoms with E-state index in [9.17, 15) is 4.79 Å². The Morgan fingerprint density at radius 3 is 2.44 bits per heavy atom. The first-order chi connectivity index (χ1) is 13.0. The highest BCUT2D eigenvalue weighted by Crippen LogP contribution is 2.27. The van der Waals surface area contributed by atoms with Gasteiger partial charge in [-0.3, -0.25) is 4.79 Å². The summed E-state index contributed by atoms with van der Waals surface area (Å²) in [5.74, 6) is 0.560. The second-order valence-corrected chi connectivity index (χ2v) is 6.90. The zero-order valence-electron chi connectivity index (χ0n) is 14.4. The summed E-state index contributed by atoms with van der Waals surface area (Å²) in [5, 5.41) is 3.43. The van der Waals surface area contributed by atoms with E-state index in [-0.39, 0.29) is 10.9 Å². The molecule has 4 nitrogen and oxygen atoms in total. The molecular formula is C21H15Cl2N3O. The Hall–Kier alpha value is -2.82. The van der Waals surface area contributed by atoms with Gasteiger partial charge in [0, 0.05) is 18.3 Å². The summed E-state index contributed by atoms with van der Waals surface area (Å²) in [6.45, 7) is 0. The van der Waals surface area contributed by atoms with Crippen molar-refractivity contribution in [3.8, 4) is 11.4 Å². The fourth-order valence-electron chi connectivity index (χ4n) is 2.98. The van der Waals surface area contributed by atoms with Gasteiger partial charge in [0.25, 0.3) is 5.91 Å². The number of nitrogens with one attached hydrogen (secondary N) is 1. The second kappa shape index (κ2) is 7.06. The maximum Gasteiger partial charge on any atom is 0.257 e. The Kier molecular flexibility index (Phi) is 4.60. The van der Waals surface area contributed by atoms with Crippen LogP contribution in [-0.2, 0) is 7.05 Å². The Morgan fingerprint density at radius 1 is 0.963 bits per heavy atom. The Bertz CT molecular complexity index is 1150. The van der Waals surface area contributed by atoms with Gasteiger partial charge in [0.05, 0.1) is 26.6 Å². The molecule has 0 fully saturated rings. The molecule has 1 aromatic heterocycles. The smallest absolute Gasteiger partial charge is 0.257 e. The number of aryl methyl sites for hydroxylation is 1. The van der Waals surface area contributed by atoms with Gasteiger partial charge in [0.1, 0.15) is 5.82 Å². The fourth-order valence-corrected chi connectivity index (χ4v) is 3.37. The van der Waals surface area contributed by atoms with Crippen molar-refractivity contribution in [3.63, 3.8) is 0 Å². The molecule has 4 aromatic rings. The van der Waals surface area contributed by atoms with Crippen LogP contribution in [0, 0.1) is 0 Å². The number of para-hydroxylation sites is 2. The molecule has 0 aliphatic heterocycles. The van der Waals surface area contributed by atoms with Crippen LogP contribution < -0.4 is 5.32 Å². The maximum absolute atomic E-state index is 12.4. The summed E-state index contributed by atoms with van der Waals surface area (Å²) in [7, 11) is 1.99. The fraction of sp³-hybridized carbons (Fsp3) is 0.0476. The number of halogens is 2. The first-order valence-electron chi connectivity index (χ1n) is 8.32. The normalized spacial score (nSPS) is 10.9. The molecule has 134 valence electrons. The topological polar surface area (TPSA) is 46.9 Å². The van der Waals surface area contributed by atoms with Gasteiger partial charge < -0.3 is 9.88 Å². The van der Waals surface area contributed by atoms with Gasteiger partial charge in [0.2, 0.25) is 0 Å². The van der Waals surface area contributed by atoms with Gasteiger partial charge in [-0.2, -0.15) is 0 Å². The molecule has 1 heterocycles. The van der Waals surface area contributed by atoms with Crippen molar-refractivity contribution in [2.24, 2.45) is 7.05 Å². The lowest BCUT2D eigenvalue weighted by atomic mass is 10.1. The molecule has 1 amide bonds. The van der Waals surface area contributed by atoms with Crippen molar-refractivity contribution < 1.29 is 4.79 Å². The van der Waals surface area contributed by atoms with Crippen LogP contribution in [0.4, 0.5) is 5.69 Å². The lowest BCUT2D eigenvalue weighted by Crippen LogP contribution is -2.12. The summed E-state index contributed by atoms with van der Waals surface area (Å²) in [5.41, 5.74) is 3.98. The molecule has 3 aromatic carbocycles. The summed E-state index contributed by atoms with van der Waals surface area (Å²) < 4.78 is 2.05. The van der Waals surface area contributed by atoms with Gasteiger partial charge in [-0.25, -0.2) is 4.98 Å². The van der Waals surface area contributed by atoms with Crippen molar-refractivity contribution >= 4 is 45.8 Å². The Morgan fingerprint density at radius 2 is 1.70 bits per heavy atom. The number of hydrogen-bond donors (Lipinski definition) is 1. The number of carbonyl (C=O) groups excluding carboxylic acids is 1. The van der Waals surface area contributed by atoms with E-state index in [1.54, 1.807) is 18.2 Å². The number of carbonyl (C=O) groups is 1. The number of rotatable bonds is 3. The number of fused-ring (bicyclic) bond motifs is 1. The van der Waals surface area contributed by atoms with E-state index in [2.05, 4.69) is 14.9 Å². The van der Waals surface area contributed by atoms with Crippen molar-refractivity contribution in [3.05, 3.63) is 82.3 Å². The van der Waals surface area contributed by atoms with E-state index in [0.717, 1.165) is 22.4 Å². The van der Waals surface area contributed by atoms with Crippen LogP contribution in [0.2, 0.25) is 10.0 Å². The molecule has 1 N–H and O–H groups in total. The Balaban J connectivity index is 1.59. The van der Waals surface area contributed by atoms with Gasteiger partial charge in [-0.15, -0.1) is 0 Å². The summed E-state index contributed by atoms with van der Waals surface area (Å²) in [6, 6.07) is 20.5. The molecule has 0 saturated heterocycles. The predicted octanol–water partition coefficient (Wildman–Crippen LogP) is 5.80. The Labute approximate surface area is 166 Å². The number of anilines is 1. The summed E-state index contributed by atoms with van der Waals surface area (Å²) in [4.78, 5) is 17.1. The third-order valence-corrected chi connectivity index (χ3v) is 5.20. The summed E-state index contributed by atoms with van der Waals surface area (Å²) >= 11 is 12.1. The van der Waals surface area contributed by atoms with Crippen molar-refractivity contribution in [2.45, 2.75) is 0 Å². The molecule has 4 rings (SSSR count). The average Bonchev–Trinajstić information content (AvgIpc) is 3.01. The molecule has 0 aliphatic carbocycles. The van der Waals surface area contributed by atoms with Crippen LogP contribution in [-0.4, -0.2) is 15.5 Å². The standard InChI is InChI=1S/C21H15Cl2N3O/c1-26-18-8-3-2-7-17(18)25-20(26)13-9-11-14(12-10-13)24-21(27)15-5-4-6-16(22)19(15)23/h2-12H,1H3,(H,24,27). The van der Waals surface area contributed by atoms with Crippen molar-refractivity contribution in [1.82, 2.24) is 9.55 Å². The molecule has 0 aliphatic rings. The molecular weight excluding hydrogens is 381 g/mol. The van der Waals surface area contributed by atoms with Gasteiger partial charge in [-0.05, 0) is 48.5 Å². The van der Waals surface area contributed by atoms with Crippen LogP contribution in [0.3, 0.4) is 0 Å². The minimum atomic E-state index is -0.307. The van der Waals surface area contributed by atoms with E-state index in [4.69, 9.17) is 23.2 Å². The van der Waals surface area contributed by atoms with Crippen LogP contribution in [0.25, 0.3) is 22.4 Å². The monoisotopic (exact) mass is 395 g/mol. The first-order valence-corrected chi connectivity index (χ1v) is 9.07. The van der Waals surface area contributed by atoms with E-state index in [1.165, 1.54) is 0 Å². The molecule has 0 saturated carbocycles. The zero-order chi connectivity index (χ0) is 19.0. The number of aromatic nitrogens is 2. The quantitative estimate of drug-likeness (QED) is 0.476. The minimum absolute atomic E-state index is 0.244. The largest absolute Gasteiger partial charge is 0.327 e. The first kappa shape index (κ1) is 17.6. The molecule has 0 unspecified atom stereocenters. The van der Waals surface area contributed by atoms with Crippen molar-refractivity contribution in [2.75, 3.05) is 5.32 Å². The van der Waals surface area contributed by atoms with Gasteiger partial charge in [-0.1, -0.05) is 41.4 Å². The van der Waals surface area contributed by atoms with Crippen LogP contribution in [0.15, 0.2) is 66.7 Å². The average molecular weight is 396 g/mol. The molecule has 0 radical (unpaired) electrons. The van der Waals surface area contributed by atoms with E-state index >= 15 is 0 Å². The summed E-state index contributed by atoms with van der Waals surface area (Å²) in [6.07, 6.45) is 0. The number of amides is 1. The predicted molar refractivity (Wildman–Crippen MR) is 111 cm³/mol. The molecule has 27 heavy (non-hydrogen) atoms. The highest BCUT2D eigenvalue weighted by Gasteiger charge is 2.13. The molecule has 0 atom stereocenters.